The zero-order valence-corrected chi connectivity index (χ0v) is 11.0. The van der Waals surface area contributed by atoms with Crippen LogP contribution in [0.4, 0.5) is 11.5 Å². The van der Waals surface area contributed by atoms with Crippen molar-refractivity contribution in [3.63, 3.8) is 0 Å². The number of pyridine rings is 1. The van der Waals surface area contributed by atoms with Crippen molar-refractivity contribution in [2.24, 2.45) is 17.4 Å². The third kappa shape index (κ3) is 2.85. The van der Waals surface area contributed by atoms with Crippen molar-refractivity contribution in [1.29, 1.82) is 0 Å². The van der Waals surface area contributed by atoms with Gasteiger partial charge in [-0.1, -0.05) is 0 Å². The molecule has 2 rings (SSSR count). The maximum absolute atomic E-state index is 11.5. The Kier molecular flexibility index (Phi) is 4.14. The molecular weight excluding hydrogens is 262 g/mol. The number of nitrogens with zero attached hydrogens (tertiary/aromatic N) is 3. The van der Waals surface area contributed by atoms with Crippen LogP contribution in [0.25, 0.3) is 0 Å². The van der Waals surface area contributed by atoms with E-state index < -0.39 is 10.8 Å². The van der Waals surface area contributed by atoms with Crippen LogP contribution in [0, 0.1) is 16.0 Å². The number of primary amides is 1. The number of nitrogens with two attached hydrogens (primary N) is 2. The molecule has 0 saturated carbocycles. The summed E-state index contributed by atoms with van der Waals surface area (Å²) < 4.78 is 0. The van der Waals surface area contributed by atoms with Crippen molar-refractivity contribution >= 4 is 17.4 Å². The quantitative estimate of drug-likeness (QED) is 0.601. The topological polar surface area (TPSA) is 128 Å². The smallest absolute Gasteiger partial charge is 0.288 e. The molecule has 1 aromatic rings. The molecule has 108 valence electrons. The highest BCUT2D eigenvalue weighted by Crippen LogP contribution is 2.26. The molecule has 1 atom stereocenters. The van der Waals surface area contributed by atoms with Gasteiger partial charge in [-0.3, -0.25) is 14.9 Å². The second kappa shape index (κ2) is 5.83. The Morgan fingerprint density at radius 1 is 1.60 bits per heavy atom. The number of rotatable bonds is 4. The largest absolute Gasteiger partial charge is 0.365 e. The van der Waals surface area contributed by atoms with Gasteiger partial charge in [-0.05, 0) is 25.3 Å². The lowest BCUT2D eigenvalue weighted by atomic mass is 9.98. The van der Waals surface area contributed by atoms with Gasteiger partial charge in [-0.25, -0.2) is 4.98 Å². The fourth-order valence-electron chi connectivity index (χ4n) is 2.43. The van der Waals surface area contributed by atoms with E-state index in [1.54, 1.807) is 0 Å². The van der Waals surface area contributed by atoms with Crippen LogP contribution in [0.2, 0.25) is 0 Å². The number of piperidine rings is 1. The van der Waals surface area contributed by atoms with Gasteiger partial charge in [0, 0.05) is 19.2 Å². The van der Waals surface area contributed by atoms with Crippen LogP contribution in [0.1, 0.15) is 23.2 Å². The molecule has 1 saturated heterocycles. The monoisotopic (exact) mass is 279 g/mol. The van der Waals surface area contributed by atoms with E-state index in [9.17, 15) is 14.9 Å². The second-order valence-corrected chi connectivity index (χ2v) is 4.88. The molecule has 0 aliphatic carbocycles. The summed E-state index contributed by atoms with van der Waals surface area (Å²) in [6.07, 6.45) is 3.12. The minimum atomic E-state index is -0.717. The normalized spacial score (nSPS) is 18.9. The number of nitro groups is 1. The highest BCUT2D eigenvalue weighted by Gasteiger charge is 2.25. The predicted octanol–water partition coefficient (Wildman–Crippen LogP) is 0.264. The van der Waals surface area contributed by atoms with Crippen LogP contribution < -0.4 is 16.4 Å². The highest BCUT2D eigenvalue weighted by atomic mass is 16.6. The van der Waals surface area contributed by atoms with Crippen molar-refractivity contribution in [3.8, 4) is 0 Å². The molecule has 1 amide bonds. The molecule has 20 heavy (non-hydrogen) atoms. The minimum Gasteiger partial charge on any atom is -0.365 e. The number of aromatic nitrogens is 1. The Labute approximate surface area is 115 Å². The third-order valence-corrected chi connectivity index (χ3v) is 3.48. The predicted molar refractivity (Wildman–Crippen MR) is 73.4 cm³/mol. The zero-order chi connectivity index (χ0) is 14.7. The molecule has 0 radical (unpaired) electrons. The first-order valence-corrected chi connectivity index (χ1v) is 6.42. The van der Waals surface area contributed by atoms with Gasteiger partial charge < -0.3 is 16.4 Å². The molecular formula is C12H17N5O3. The first-order valence-electron chi connectivity index (χ1n) is 6.42. The van der Waals surface area contributed by atoms with Crippen LogP contribution in [0.5, 0.6) is 0 Å². The Morgan fingerprint density at radius 3 is 2.95 bits per heavy atom. The summed E-state index contributed by atoms with van der Waals surface area (Å²) in [4.78, 5) is 27.6. The van der Waals surface area contributed by atoms with Gasteiger partial charge in [0.2, 0.25) is 0 Å². The van der Waals surface area contributed by atoms with Gasteiger partial charge in [0.25, 0.3) is 11.6 Å². The Balaban J connectivity index is 2.35. The highest BCUT2D eigenvalue weighted by molar-refractivity contribution is 5.98. The summed E-state index contributed by atoms with van der Waals surface area (Å²) >= 11 is 0. The third-order valence-electron chi connectivity index (χ3n) is 3.48. The lowest BCUT2D eigenvalue weighted by Gasteiger charge is -2.33. The Morgan fingerprint density at radius 2 is 2.35 bits per heavy atom. The molecule has 0 spiro atoms. The number of anilines is 1. The summed E-state index contributed by atoms with van der Waals surface area (Å²) in [7, 11) is 0. The molecule has 1 aromatic heterocycles. The van der Waals surface area contributed by atoms with Crippen LogP contribution in [0.15, 0.2) is 12.3 Å². The Bertz CT molecular complexity index is 534. The second-order valence-electron chi connectivity index (χ2n) is 4.88. The van der Waals surface area contributed by atoms with Gasteiger partial charge in [-0.15, -0.1) is 0 Å². The average molecular weight is 279 g/mol. The molecule has 8 nitrogen and oxygen atoms in total. The van der Waals surface area contributed by atoms with Crippen LogP contribution in [-0.2, 0) is 0 Å². The van der Waals surface area contributed by atoms with Crippen LogP contribution >= 0.6 is 0 Å². The first-order chi connectivity index (χ1) is 9.52. The number of hydrogen-bond acceptors (Lipinski definition) is 6. The van der Waals surface area contributed by atoms with Crippen LogP contribution in [-0.4, -0.2) is 35.4 Å². The molecule has 2 heterocycles. The molecule has 1 aliphatic rings. The van der Waals surface area contributed by atoms with E-state index in [1.165, 1.54) is 6.07 Å². The average Bonchev–Trinajstić information content (AvgIpc) is 2.46. The zero-order valence-electron chi connectivity index (χ0n) is 11.0. The van der Waals surface area contributed by atoms with E-state index in [-0.39, 0.29) is 11.3 Å². The van der Waals surface area contributed by atoms with Crippen molar-refractivity contribution in [1.82, 2.24) is 4.98 Å². The fourth-order valence-corrected chi connectivity index (χ4v) is 2.43. The van der Waals surface area contributed by atoms with Gasteiger partial charge in [-0.2, -0.15) is 0 Å². The van der Waals surface area contributed by atoms with Crippen molar-refractivity contribution in [3.05, 3.63) is 27.9 Å². The molecule has 0 bridgehead atoms. The maximum atomic E-state index is 11.5. The first kappa shape index (κ1) is 14.2. The number of hydrogen-bond donors (Lipinski definition) is 2. The molecule has 1 fully saturated rings. The van der Waals surface area contributed by atoms with Gasteiger partial charge >= 0.3 is 0 Å². The van der Waals surface area contributed by atoms with E-state index in [0.29, 0.717) is 24.8 Å². The van der Waals surface area contributed by atoms with E-state index in [2.05, 4.69) is 4.98 Å². The summed E-state index contributed by atoms with van der Waals surface area (Å²) in [6.45, 7) is 1.98. The summed E-state index contributed by atoms with van der Waals surface area (Å²) in [6, 6.07) is 1.18. The minimum absolute atomic E-state index is 0.0804. The summed E-state index contributed by atoms with van der Waals surface area (Å²) in [5, 5.41) is 10.7. The van der Waals surface area contributed by atoms with Crippen LogP contribution in [0.3, 0.4) is 0 Å². The van der Waals surface area contributed by atoms with E-state index >= 15 is 0 Å². The molecule has 0 aromatic carbocycles. The molecule has 8 heteroatoms. The summed E-state index contributed by atoms with van der Waals surface area (Å²) in [5.41, 5.74) is 10.8. The molecule has 1 aliphatic heterocycles. The number of carbonyl (C=O) groups excluding carboxylic acids is 1. The number of amides is 1. The van der Waals surface area contributed by atoms with Crippen molar-refractivity contribution in [2.75, 3.05) is 24.5 Å². The Hall–Kier alpha value is -2.22. The molecule has 1 unspecified atom stereocenters. The summed E-state index contributed by atoms with van der Waals surface area (Å²) in [5.74, 6) is 0.0220. The lowest BCUT2D eigenvalue weighted by Crippen LogP contribution is -2.39. The standard InChI is InChI=1S/C12H17N5O3/c13-5-8-2-1-3-16(7-8)12-10(11(14)18)4-9(6-15-12)17(19)20/h4,6,8H,1-3,5,7,13H2,(H2,14,18). The molecule has 4 N–H and O–H groups in total. The maximum Gasteiger partial charge on any atom is 0.288 e. The fraction of sp³-hybridized carbons (Fsp3) is 0.500. The van der Waals surface area contributed by atoms with Gasteiger partial charge in [0.05, 0.1) is 10.5 Å². The van der Waals surface area contributed by atoms with E-state index in [0.717, 1.165) is 25.6 Å². The SMILES string of the molecule is NCC1CCCN(c2ncc([N+](=O)[O-])cc2C(N)=O)C1. The number of carbonyl (C=O) groups is 1. The lowest BCUT2D eigenvalue weighted by molar-refractivity contribution is -0.385. The van der Waals surface area contributed by atoms with Crippen molar-refractivity contribution < 1.29 is 9.72 Å². The van der Waals surface area contributed by atoms with Crippen molar-refractivity contribution in [2.45, 2.75) is 12.8 Å². The van der Waals surface area contributed by atoms with E-state index in [4.69, 9.17) is 11.5 Å². The van der Waals surface area contributed by atoms with Gasteiger partial charge in [0.15, 0.2) is 0 Å². The van der Waals surface area contributed by atoms with Gasteiger partial charge in [0.1, 0.15) is 12.0 Å². The van der Waals surface area contributed by atoms with E-state index in [1.807, 2.05) is 4.90 Å².